The first-order valence-electron chi connectivity index (χ1n) is 6.95. The van der Waals surface area contributed by atoms with Crippen molar-refractivity contribution in [2.24, 2.45) is 0 Å². The first-order chi connectivity index (χ1) is 12.0. The average molecular weight is 408 g/mol. The summed E-state index contributed by atoms with van der Waals surface area (Å²) in [5.41, 5.74) is 2.09. The number of nitrogens with one attached hydrogen (secondary N) is 1. The molecule has 124 valence electrons. The van der Waals surface area contributed by atoms with E-state index in [0.29, 0.717) is 20.6 Å². The van der Waals surface area contributed by atoms with Gasteiger partial charge in [0.25, 0.3) is 5.91 Å². The molecule has 0 atom stereocenters. The summed E-state index contributed by atoms with van der Waals surface area (Å²) in [6.45, 7) is 0. The molecule has 0 aromatic carbocycles. The summed E-state index contributed by atoms with van der Waals surface area (Å²) < 4.78 is 6.35. The van der Waals surface area contributed by atoms with Gasteiger partial charge in [-0.05, 0) is 23.8 Å². The second kappa shape index (κ2) is 6.42. The molecule has 1 N–H and O–H groups in total. The Hall–Kier alpha value is -1.93. The number of fused-ring (bicyclic) bond motifs is 1. The summed E-state index contributed by atoms with van der Waals surface area (Å²) in [6.07, 6.45) is 4.99. The minimum Gasteiger partial charge on any atom is -0.456 e. The molecule has 1 amide bonds. The van der Waals surface area contributed by atoms with Crippen molar-refractivity contribution in [1.82, 2.24) is 15.3 Å². The number of halogens is 2. The van der Waals surface area contributed by atoms with Gasteiger partial charge in [-0.1, -0.05) is 47.2 Å². The minimum absolute atomic E-state index is 0.235. The van der Waals surface area contributed by atoms with Gasteiger partial charge in [0.05, 0.1) is 4.91 Å². The molecule has 4 heterocycles. The number of furan rings is 1. The van der Waals surface area contributed by atoms with Crippen LogP contribution < -0.4 is 5.32 Å². The summed E-state index contributed by atoms with van der Waals surface area (Å²) in [6, 6.07) is 5.17. The predicted molar refractivity (Wildman–Crippen MR) is 104 cm³/mol. The van der Waals surface area contributed by atoms with Gasteiger partial charge >= 0.3 is 0 Å². The number of hydrogen-bond acceptors (Lipinski definition) is 6. The van der Waals surface area contributed by atoms with Gasteiger partial charge in [-0.2, -0.15) is 0 Å². The van der Waals surface area contributed by atoms with Crippen molar-refractivity contribution >= 4 is 74.5 Å². The van der Waals surface area contributed by atoms with E-state index in [1.807, 2.05) is 0 Å². The Morgan fingerprint density at radius 1 is 1.20 bits per heavy atom. The zero-order valence-corrected chi connectivity index (χ0v) is 15.4. The lowest BCUT2D eigenvalue weighted by molar-refractivity contribution is -0.115. The zero-order valence-electron chi connectivity index (χ0n) is 12.2. The van der Waals surface area contributed by atoms with Crippen LogP contribution >= 0.6 is 47.2 Å². The van der Waals surface area contributed by atoms with E-state index in [1.165, 1.54) is 11.8 Å². The van der Waals surface area contributed by atoms with Crippen LogP contribution in [0.25, 0.3) is 28.2 Å². The second-order valence-electron chi connectivity index (χ2n) is 5.11. The van der Waals surface area contributed by atoms with Gasteiger partial charge in [-0.3, -0.25) is 9.78 Å². The van der Waals surface area contributed by atoms with Crippen LogP contribution in [-0.2, 0) is 4.79 Å². The molecule has 0 radical (unpaired) electrons. The molecule has 4 rings (SSSR count). The van der Waals surface area contributed by atoms with Crippen molar-refractivity contribution in [3.05, 3.63) is 51.6 Å². The number of pyridine rings is 2. The van der Waals surface area contributed by atoms with Crippen LogP contribution in [-0.4, -0.2) is 20.2 Å². The summed E-state index contributed by atoms with van der Waals surface area (Å²) in [4.78, 5) is 20.4. The molecular formula is C16H7Cl2N3O2S2. The van der Waals surface area contributed by atoms with E-state index in [4.69, 9.17) is 39.8 Å². The van der Waals surface area contributed by atoms with Gasteiger partial charge in [0.15, 0.2) is 0 Å². The number of carbonyl (C=O) groups is 1. The number of amides is 1. The number of aromatic nitrogens is 2. The lowest BCUT2D eigenvalue weighted by Crippen LogP contribution is -2.17. The van der Waals surface area contributed by atoms with Crippen molar-refractivity contribution in [3.63, 3.8) is 0 Å². The van der Waals surface area contributed by atoms with Crippen LogP contribution in [0.2, 0.25) is 10.3 Å². The summed E-state index contributed by atoms with van der Waals surface area (Å²) in [7, 11) is 0. The normalized spacial score (nSPS) is 16.0. The van der Waals surface area contributed by atoms with Crippen LogP contribution in [0.1, 0.15) is 5.76 Å². The minimum atomic E-state index is -0.235. The lowest BCUT2D eigenvalue weighted by atomic mass is 10.1. The fraction of sp³-hybridized carbons (Fsp3) is 0. The van der Waals surface area contributed by atoms with Crippen molar-refractivity contribution < 1.29 is 9.21 Å². The molecule has 1 aliphatic heterocycles. The van der Waals surface area contributed by atoms with E-state index < -0.39 is 0 Å². The highest BCUT2D eigenvalue weighted by atomic mass is 35.5. The fourth-order valence-corrected chi connectivity index (χ4v) is 3.91. The smallest absolute Gasteiger partial charge is 0.263 e. The SMILES string of the molecule is O=C1NC(=S)S/C1=C\c1cc2cncc(-c3cc(Cl)nc(Cl)c3)c2o1. The molecule has 5 nitrogen and oxygen atoms in total. The Labute approximate surface area is 161 Å². The number of rotatable bonds is 2. The molecule has 3 aromatic heterocycles. The van der Waals surface area contributed by atoms with E-state index in [0.717, 1.165) is 16.5 Å². The van der Waals surface area contributed by atoms with Crippen molar-refractivity contribution in [3.8, 4) is 11.1 Å². The summed E-state index contributed by atoms with van der Waals surface area (Å²) in [5.74, 6) is 0.291. The molecule has 1 saturated heterocycles. The Morgan fingerprint density at radius 2 is 1.96 bits per heavy atom. The molecule has 1 fully saturated rings. The predicted octanol–water partition coefficient (Wildman–Crippen LogP) is 4.69. The lowest BCUT2D eigenvalue weighted by Gasteiger charge is -2.03. The van der Waals surface area contributed by atoms with Crippen LogP contribution in [0, 0.1) is 0 Å². The van der Waals surface area contributed by atoms with Crippen LogP contribution in [0.5, 0.6) is 0 Å². The molecule has 0 unspecified atom stereocenters. The average Bonchev–Trinajstić information content (AvgIpc) is 3.08. The second-order valence-corrected chi connectivity index (χ2v) is 7.60. The molecule has 9 heteroatoms. The topological polar surface area (TPSA) is 68.0 Å². The third-order valence-electron chi connectivity index (χ3n) is 3.43. The molecular weight excluding hydrogens is 401 g/mol. The molecule has 0 spiro atoms. The molecule has 3 aromatic rings. The fourth-order valence-electron chi connectivity index (χ4n) is 2.43. The number of thiocarbonyl (C=S) groups is 1. The van der Waals surface area contributed by atoms with Crippen molar-refractivity contribution in [2.45, 2.75) is 0 Å². The molecule has 0 saturated carbocycles. The van der Waals surface area contributed by atoms with E-state index in [9.17, 15) is 4.79 Å². The van der Waals surface area contributed by atoms with Crippen LogP contribution in [0.15, 0.2) is 39.9 Å². The molecule has 1 aliphatic rings. The number of nitrogens with zero attached hydrogens (tertiary/aromatic N) is 2. The monoisotopic (exact) mass is 407 g/mol. The van der Waals surface area contributed by atoms with Gasteiger partial charge in [0.1, 0.15) is 26.0 Å². The highest BCUT2D eigenvalue weighted by Crippen LogP contribution is 2.34. The first-order valence-corrected chi connectivity index (χ1v) is 8.93. The largest absolute Gasteiger partial charge is 0.456 e. The van der Waals surface area contributed by atoms with Gasteiger partial charge < -0.3 is 9.73 Å². The Morgan fingerprint density at radius 3 is 2.64 bits per heavy atom. The number of thioether (sulfide) groups is 1. The summed E-state index contributed by atoms with van der Waals surface area (Å²) >= 11 is 18.1. The van der Waals surface area contributed by atoms with Gasteiger partial charge in [-0.25, -0.2) is 4.98 Å². The summed E-state index contributed by atoms with van der Waals surface area (Å²) in [5, 5.41) is 3.92. The van der Waals surface area contributed by atoms with E-state index >= 15 is 0 Å². The molecule has 0 aliphatic carbocycles. The van der Waals surface area contributed by atoms with E-state index in [1.54, 1.807) is 36.7 Å². The standard InChI is InChI=1S/C16H7Cl2N3O2S2/c17-12-2-7(3-13(18)20-12)10-6-19-5-8-1-9(23-14(8)10)4-11-15(22)21-16(24)25-11/h1-6H,(H,21,22,24)/b11-4-. The van der Waals surface area contributed by atoms with E-state index in [2.05, 4.69) is 15.3 Å². The number of carbonyl (C=O) groups excluding carboxylic acids is 1. The highest BCUT2D eigenvalue weighted by Gasteiger charge is 2.23. The first kappa shape index (κ1) is 16.5. The van der Waals surface area contributed by atoms with Crippen molar-refractivity contribution in [1.29, 1.82) is 0 Å². The van der Waals surface area contributed by atoms with Crippen LogP contribution in [0.3, 0.4) is 0 Å². The molecule has 25 heavy (non-hydrogen) atoms. The quantitative estimate of drug-likeness (QED) is 0.377. The maximum atomic E-state index is 11.8. The van der Waals surface area contributed by atoms with Crippen molar-refractivity contribution in [2.75, 3.05) is 0 Å². The number of hydrogen-bond donors (Lipinski definition) is 1. The Kier molecular flexibility index (Phi) is 4.24. The third-order valence-corrected chi connectivity index (χ3v) is 4.98. The Balaban J connectivity index is 1.83. The highest BCUT2D eigenvalue weighted by molar-refractivity contribution is 8.26. The Bertz CT molecular complexity index is 1060. The maximum absolute atomic E-state index is 11.8. The van der Waals surface area contributed by atoms with Gasteiger partial charge in [0, 0.05) is 29.4 Å². The molecule has 0 bridgehead atoms. The maximum Gasteiger partial charge on any atom is 0.263 e. The van der Waals surface area contributed by atoms with E-state index in [-0.39, 0.29) is 16.2 Å². The van der Waals surface area contributed by atoms with Crippen LogP contribution in [0.4, 0.5) is 0 Å². The zero-order chi connectivity index (χ0) is 17.6. The van der Waals surface area contributed by atoms with Gasteiger partial charge in [-0.15, -0.1) is 0 Å². The third kappa shape index (κ3) is 3.28. The van der Waals surface area contributed by atoms with Gasteiger partial charge in [0.2, 0.25) is 0 Å².